The molecule has 0 unspecified atom stereocenters. The number of anilines is 1. The Labute approximate surface area is 199 Å². The number of rotatable bonds is 7. The van der Waals surface area contributed by atoms with Gasteiger partial charge in [-0.25, -0.2) is 0 Å². The van der Waals surface area contributed by atoms with Crippen molar-refractivity contribution in [2.75, 3.05) is 25.0 Å². The number of carbonyl (C=O) groups is 2. The molecule has 0 radical (unpaired) electrons. The maximum atomic E-state index is 13.2. The fourth-order valence-electron chi connectivity index (χ4n) is 4.18. The number of hydrogen-bond acceptors (Lipinski definition) is 5. The zero-order valence-corrected chi connectivity index (χ0v) is 19.9. The second kappa shape index (κ2) is 9.06. The van der Waals surface area contributed by atoms with Crippen molar-refractivity contribution in [2.24, 2.45) is 5.10 Å². The van der Waals surface area contributed by atoms with Crippen molar-refractivity contribution in [2.45, 2.75) is 32.7 Å². The zero-order valence-electron chi connectivity index (χ0n) is 19.9. The van der Waals surface area contributed by atoms with E-state index < -0.39 is 5.41 Å². The first-order chi connectivity index (χ1) is 16.2. The number of furan rings is 1. The van der Waals surface area contributed by atoms with Gasteiger partial charge in [0, 0.05) is 30.2 Å². The monoisotopic (exact) mass is 456 g/mol. The van der Waals surface area contributed by atoms with Gasteiger partial charge in [-0.05, 0) is 50.6 Å². The number of benzene rings is 2. The molecule has 174 valence electrons. The fraction of sp³-hybridized carbons (Fsp3) is 0.296. The van der Waals surface area contributed by atoms with Crippen molar-refractivity contribution in [3.63, 3.8) is 0 Å². The summed E-state index contributed by atoms with van der Waals surface area (Å²) in [4.78, 5) is 27.8. The minimum atomic E-state index is -0.671. The van der Waals surface area contributed by atoms with Crippen LogP contribution in [0.25, 0.3) is 11.0 Å². The largest absolute Gasteiger partial charge is 0.459 e. The van der Waals surface area contributed by atoms with Gasteiger partial charge < -0.3 is 14.6 Å². The van der Waals surface area contributed by atoms with Crippen LogP contribution in [0.5, 0.6) is 0 Å². The molecule has 0 saturated carbocycles. The fourth-order valence-corrected chi connectivity index (χ4v) is 4.18. The van der Waals surface area contributed by atoms with Crippen molar-refractivity contribution in [1.29, 1.82) is 0 Å². The third-order valence-electron chi connectivity index (χ3n) is 6.08. The highest BCUT2D eigenvalue weighted by atomic mass is 16.3. The lowest BCUT2D eigenvalue weighted by Crippen LogP contribution is -2.39. The average Bonchev–Trinajstić information content (AvgIpc) is 3.32. The Morgan fingerprint density at radius 3 is 2.74 bits per heavy atom. The van der Waals surface area contributed by atoms with Crippen LogP contribution in [0, 0.1) is 12.3 Å². The van der Waals surface area contributed by atoms with Crippen molar-refractivity contribution in [1.82, 2.24) is 10.3 Å². The van der Waals surface area contributed by atoms with Gasteiger partial charge >= 0.3 is 0 Å². The Bertz CT molecular complexity index is 1300. The van der Waals surface area contributed by atoms with Gasteiger partial charge in [0.15, 0.2) is 0 Å². The summed E-state index contributed by atoms with van der Waals surface area (Å²) >= 11 is 0. The third-order valence-corrected chi connectivity index (χ3v) is 6.08. The van der Waals surface area contributed by atoms with Crippen LogP contribution in [0.3, 0.4) is 0 Å². The Hall–Kier alpha value is -4.05. The molecule has 2 aromatic carbocycles. The predicted molar refractivity (Wildman–Crippen MR) is 134 cm³/mol. The van der Waals surface area contributed by atoms with E-state index in [1.807, 2.05) is 57.3 Å². The van der Waals surface area contributed by atoms with E-state index in [0.29, 0.717) is 30.1 Å². The number of amides is 2. The molecule has 1 aliphatic heterocycles. The van der Waals surface area contributed by atoms with E-state index in [9.17, 15) is 9.59 Å². The molecule has 3 aromatic rings. The minimum absolute atomic E-state index is 0.00612. The number of hydrogen-bond donors (Lipinski definition) is 1. The molecular formula is C27H28N4O3. The van der Waals surface area contributed by atoms with E-state index >= 15 is 0 Å². The quantitative estimate of drug-likeness (QED) is 0.332. The molecule has 0 atom stereocenters. The zero-order chi connectivity index (χ0) is 24.5. The number of fused-ring (bicyclic) bond motifs is 2. The standard InChI is InChI=1S/C27H28N4O3/c1-6-18(2)29-30(5)13-14-31-23-16-20(11-12-22(23)27(3,4)26(31)33)25(32)28-17-21-15-19-9-7-8-10-24(19)34-21/h1,7-12,15-16H,13-14,17H2,2-5H3,(H,28,32)/b29-18-. The second-order valence-corrected chi connectivity index (χ2v) is 8.96. The molecule has 4 rings (SSSR count). The van der Waals surface area contributed by atoms with Gasteiger partial charge in [0.25, 0.3) is 5.91 Å². The molecule has 0 saturated heterocycles. The van der Waals surface area contributed by atoms with Gasteiger partial charge in [-0.15, -0.1) is 6.42 Å². The predicted octanol–water partition coefficient (Wildman–Crippen LogP) is 3.93. The van der Waals surface area contributed by atoms with E-state index in [4.69, 9.17) is 10.8 Å². The van der Waals surface area contributed by atoms with Crippen molar-refractivity contribution in [3.8, 4) is 12.3 Å². The highest BCUT2D eigenvalue weighted by molar-refractivity contribution is 6.09. The SMILES string of the molecule is C#C/C(C)=N\N(C)CCN1C(=O)C(C)(C)c2ccc(C(=O)NCc3cc4ccccc4o3)cc21. The van der Waals surface area contributed by atoms with E-state index in [1.54, 1.807) is 29.0 Å². The molecular weight excluding hydrogens is 428 g/mol. The number of para-hydroxylation sites is 1. The first-order valence-electron chi connectivity index (χ1n) is 11.2. The molecule has 0 bridgehead atoms. The molecule has 1 N–H and O–H groups in total. The van der Waals surface area contributed by atoms with Gasteiger partial charge in [-0.3, -0.25) is 14.6 Å². The maximum Gasteiger partial charge on any atom is 0.251 e. The summed E-state index contributed by atoms with van der Waals surface area (Å²) in [6.45, 7) is 6.77. The molecule has 0 aliphatic carbocycles. The number of nitrogens with one attached hydrogen (secondary N) is 1. The van der Waals surface area contributed by atoms with Gasteiger partial charge in [-0.1, -0.05) is 30.2 Å². The summed E-state index contributed by atoms with van der Waals surface area (Å²) < 4.78 is 5.78. The molecule has 1 aliphatic rings. The van der Waals surface area contributed by atoms with Gasteiger partial charge in [0.05, 0.1) is 18.5 Å². The van der Waals surface area contributed by atoms with Crippen LogP contribution in [0.15, 0.2) is 58.0 Å². The molecule has 34 heavy (non-hydrogen) atoms. The van der Waals surface area contributed by atoms with Crippen LogP contribution in [-0.2, 0) is 16.8 Å². The van der Waals surface area contributed by atoms with Gasteiger partial charge in [0.1, 0.15) is 17.1 Å². The van der Waals surface area contributed by atoms with E-state index in [0.717, 1.165) is 22.2 Å². The smallest absolute Gasteiger partial charge is 0.251 e. The average molecular weight is 457 g/mol. The second-order valence-electron chi connectivity index (χ2n) is 8.96. The number of carbonyl (C=O) groups excluding carboxylic acids is 2. The summed E-state index contributed by atoms with van der Waals surface area (Å²) in [6, 6.07) is 15.0. The number of terminal acetylenes is 1. The van der Waals surface area contributed by atoms with Crippen LogP contribution >= 0.6 is 0 Å². The van der Waals surface area contributed by atoms with Crippen LogP contribution in [0.4, 0.5) is 5.69 Å². The third kappa shape index (κ3) is 4.40. The van der Waals surface area contributed by atoms with Crippen LogP contribution < -0.4 is 10.2 Å². The van der Waals surface area contributed by atoms with E-state index in [1.165, 1.54) is 0 Å². The molecule has 7 nitrogen and oxygen atoms in total. The molecule has 2 heterocycles. The lowest BCUT2D eigenvalue weighted by molar-refractivity contribution is -0.122. The highest BCUT2D eigenvalue weighted by Gasteiger charge is 2.43. The summed E-state index contributed by atoms with van der Waals surface area (Å²) in [5.41, 5.74) is 2.82. The van der Waals surface area contributed by atoms with Crippen LogP contribution in [0.1, 0.15) is 42.5 Å². The van der Waals surface area contributed by atoms with E-state index in [-0.39, 0.29) is 18.4 Å². The van der Waals surface area contributed by atoms with E-state index in [2.05, 4.69) is 16.3 Å². The van der Waals surface area contributed by atoms with Gasteiger partial charge in [-0.2, -0.15) is 5.10 Å². The number of likely N-dealkylation sites (N-methyl/N-ethyl adjacent to an activating group) is 1. The summed E-state index contributed by atoms with van der Waals surface area (Å²) in [5.74, 6) is 2.93. The molecule has 0 spiro atoms. The maximum absolute atomic E-state index is 13.2. The van der Waals surface area contributed by atoms with Gasteiger partial charge in [0.2, 0.25) is 5.91 Å². The first kappa shape index (κ1) is 23.1. The molecule has 0 fully saturated rings. The van der Waals surface area contributed by atoms with Crippen molar-refractivity contribution >= 4 is 34.2 Å². The molecule has 2 amide bonds. The Balaban J connectivity index is 1.51. The lowest BCUT2D eigenvalue weighted by Gasteiger charge is -2.23. The first-order valence-corrected chi connectivity index (χ1v) is 11.2. The Morgan fingerprint density at radius 2 is 2.00 bits per heavy atom. The van der Waals surface area contributed by atoms with Crippen LogP contribution in [-0.4, -0.2) is 42.7 Å². The Morgan fingerprint density at radius 1 is 1.24 bits per heavy atom. The number of nitrogens with zero attached hydrogens (tertiary/aromatic N) is 3. The number of hydrazone groups is 1. The topological polar surface area (TPSA) is 78.1 Å². The minimum Gasteiger partial charge on any atom is -0.459 e. The van der Waals surface area contributed by atoms with Crippen molar-refractivity contribution < 1.29 is 14.0 Å². The highest BCUT2D eigenvalue weighted by Crippen LogP contribution is 2.41. The summed E-state index contributed by atoms with van der Waals surface area (Å²) in [5, 5.41) is 9.92. The van der Waals surface area contributed by atoms with Crippen molar-refractivity contribution in [3.05, 3.63) is 65.4 Å². The van der Waals surface area contributed by atoms with Crippen LogP contribution in [0.2, 0.25) is 0 Å². The normalized spacial score (nSPS) is 14.7. The molecule has 1 aromatic heterocycles. The summed E-state index contributed by atoms with van der Waals surface area (Å²) in [6.07, 6.45) is 5.37. The summed E-state index contributed by atoms with van der Waals surface area (Å²) in [7, 11) is 1.81. The lowest BCUT2D eigenvalue weighted by atomic mass is 9.86. The Kier molecular flexibility index (Phi) is 6.16. The molecule has 7 heteroatoms.